The maximum atomic E-state index is 2.99. The van der Waals surface area contributed by atoms with Crippen molar-refractivity contribution in [1.82, 2.24) is 0 Å². The van der Waals surface area contributed by atoms with E-state index in [-0.39, 0.29) is 51.0 Å². The molecule has 0 nitrogen and oxygen atoms in total. The molecule has 16 heavy (non-hydrogen) atoms. The van der Waals surface area contributed by atoms with Crippen molar-refractivity contribution in [1.29, 1.82) is 0 Å². The summed E-state index contributed by atoms with van der Waals surface area (Å²) >= 11 is 0. The first-order valence-corrected chi connectivity index (χ1v) is 4.72. The predicted octanol–water partition coefficient (Wildman–Crippen LogP) is -1.45. The van der Waals surface area contributed by atoms with Crippen LogP contribution < -0.4 is 24.8 Å². The van der Waals surface area contributed by atoms with Crippen LogP contribution in [0.4, 0.5) is 0 Å². The zero-order chi connectivity index (χ0) is 10.7. The average Bonchev–Trinajstić information content (AvgIpc) is 2.35. The minimum Gasteiger partial charge on any atom is -1.00 e. The fourth-order valence-electron chi connectivity index (χ4n) is 0.340. The first-order valence-electron chi connectivity index (χ1n) is 4.72. The molecule has 3 heteroatoms. The second kappa shape index (κ2) is 25.0. The summed E-state index contributed by atoms with van der Waals surface area (Å²) < 4.78 is 0. The normalized spacial score (nSPS) is 10.0. The molecule has 96 valence electrons. The third-order valence-electron chi connectivity index (χ3n) is 0.586. The first-order chi connectivity index (χ1) is 5.96. The maximum Gasteiger partial charge on any atom is 2.00 e. The van der Waals surface area contributed by atoms with Gasteiger partial charge in [0.15, 0.2) is 0 Å². The minimum atomic E-state index is 0. The second-order valence-electron chi connectivity index (χ2n) is 4.00. The molecule has 0 spiro atoms. The van der Waals surface area contributed by atoms with Crippen molar-refractivity contribution in [3.05, 3.63) is 36.1 Å². The Morgan fingerprint density at radius 3 is 1.25 bits per heavy atom. The van der Waals surface area contributed by atoms with Crippen molar-refractivity contribution in [3.8, 4) is 0 Å². The minimum absolute atomic E-state index is 0. The van der Waals surface area contributed by atoms with Crippen LogP contribution in [-0.2, 0) is 26.2 Å². The third kappa shape index (κ3) is 82.2. The van der Waals surface area contributed by atoms with Crippen LogP contribution >= 0.6 is 0 Å². The van der Waals surface area contributed by atoms with Crippen LogP contribution in [0.1, 0.15) is 48.0 Å². The van der Waals surface area contributed by atoms with E-state index >= 15 is 0 Å². The standard InChI is InChI=1S/C5H5.2C4H9.2ClH.Zr/c1-2-4-5-3-1;2*1-4(2)3;;;/h1-3H,4H2;2*1-3H3;2*1H;/q3*-1;;;+2/p-2. The zero-order valence-electron chi connectivity index (χ0n) is 11.2. The van der Waals surface area contributed by atoms with E-state index in [4.69, 9.17) is 0 Å². The summed E-state index contributed by atoms with van der Waals surface area (Å²) in [5.74, 6) is 2.83. The van der Waals surface area contributed by atoms with Gasteiger partial charge in [-0.2, -0.15) is 47.6 Å². The molecule has 0 saturated heterocycles. The van der Waals surface area contributed by atoms with Gasteiger partial charge in [0.05, 0.1) is 0 Å². The van der Waals surface area contributed by atoms with Gasteiger partial charge >= 0.3 is 26.2 Å². The molecule has 0 unspecified atom stereocenters. The van der Waals surface area contributed by atoms with Crippen molar-refractivity contribution in [2.45, 2.75) is 48.0 Å². The molecule has 0 saturated carbocycles. The third-order valence-corrected chi connectivity index (χ3v) is 0.586. The number of halogens is 2. The molecular weight excluding hydrogens is 318 g/mol. The smallest absolute Gasteiger partial charge is 1.00 e. The molecule has 0 aliphatic heterocycles. The molecule has 0 amide bonds. The Labute approximate surface area is 134 Å². The fraction of sp³-hybridized carbons (Fsp3) is 0.538. The summed E-state index contributed by atoms with van der Waals surface area (Å²) in [6.45, 7) is 12.5. The molecule has 1 rings (SSSR count). The van der Waals surface area contributed by atoms with Crippen molar-refractivity contribution >= 4 is 0 Å². The van der Waals surface area contributed by atoms with Gasteiger partial charge in [0.2, 0.25) is 0 Å². The molecule has 0 heterocycles. The quantitative estimate of drug-likeness (QED) is 0.473. The van der Waals surface area contributed by atoms with Crippen molar-refractivity contribution in [3.63, 3.8) is 0 Å². The predicted molar refractivity (Wildman–Crippen MR) is 62.1 cm³/mol. The Hall–Kier alpha value is 0.943. The van der Waals surface area contributed by atoms with Crippen molar-refractivity contribution in [2.75, 3.05) is 0 Å². The molecule has 0 aromatic heterocycles. The summed E-state index contributed by atoms with van der Waals surface area (Å²) in [6, 6.07) is 0. The van der Waals surface area contributed by atoms with E-state index in [0.29, 0.717) is 0 Å². The second-order valence-corrected chi connectivity index (χ2v) is 4.00. The van der Waals surface area contributed by atoms with E-state index in [1.807, 2.05) is 12.2 Å². The van der Waals surface area contributed by atoms with Gasteiger partial charge in [0.1, 0.15) is 0 Å². The molecule has 0 N–H and O–H groups in total. The summed E-state index contributed by atoms with van der Waals surface area (Å²) in [6.07, 6.45) is 10.0. The maximum absolute atomic E-state index is 2.99. The molecular formula is C13H23Cl2Zr-3. The zero-order valence-corrected chi connectivity index (χ0v) is 15.2. The van der Waals surface area contributed by atoms with Gasteiger partial charge in [-0.05, 0) is 0 Å². The van der Waals surface area contributed by atoms with Gasteiger partial charge in [0.25, 0.3) is 0 Å². The van der Waals surface area contributed by atoms with E-state index in [1.54, 1.807) is 0 Å². The molecule has 0 radical (unpaired) electrons. The van der Waals surface area contributed by atoms with Crippen molar-refractivity contribution in [2.24, 2.45) is 0 Å². The summed E-state index contributed by atoms with van der Waals surface area (Å²) in [5.41, 5.74) is 0. The molecule has 0 aromatic carbocycles. The summed E-state index contributed by atoms with van der Waals surface area (Å²) in [4.78, 5) is 0. The topological polar surface area (TPSA) is 0 Å². The van der Waals surface area contributed by atoms with E-state index in [1.165, 1.54) is 11.8 Å². The SMILES string of the molecule is C[C-](C)C.C[C-](C)C.[C-]1=CC=CC1.[Cl-].[Cl-].[Zr+2]. The molecule has 1 aliphatic carbocycles. The summed E-state index contributed by atoms with van der Waals surface area (Å²) in [5, 5.41) is 0. The number of rotatable bonds is 0. The van der Waals surface area contributed by atoms with Gasteiger partial charge in [-0.1, -0.05) is 0 Å². The first kappa shape index (κ1) is 30.2. The van der Waals surface area contributed by atoms with Gasteiger partial charge < -0.3 is 36.6 Å². The van der Waals surface area contributed by atoms with Crippen LogP contribution in [0.5, 0.6) is 0 Å². The Kier molecular flexibility index (Phi) is 47.1. The number of allylic oxidation sites excluding steroid dienone is 4. The van der Waals surface area contributed by atoms with Gasteiger partial charge in [-0.25, -0.2) is 12.2 Å². The Balaban J connectivity index is -0.0000000350. The average molecular weight is 341 g/mol. The van der Waals surface area contributed by atoms with Crippen LogP contribution in [0.25, 0.3) is 0 Å². The van der Waals surface area contributed by atoms with Crippen LogP contribution in [0.3, 0.4) is 0 Å². The van der Waals surface area contributed by atoms with Crippen LogP contribution in [0.2, 0.25) is 0 Å². The van der Waals surface area contributed by atoms with Crippen LogP contribution in [0.15, 0.2) is 18.2 Å². The fourth-order valence-corrected chi connectivity index (χ4v) is 0.340. The Morgan fingerprint density at radius 2 is 1.19 bits per heavy atom. The molecule has 0 fully saturated rings. The van der Waals surface area contributed by atoms with E-state index < -0.39 is 0 Å². The van der Waals surface area contributed by atoms with Crippen LogP contribution in [-0.4, -0.2) is 0 Å². The molecule has 0 bridgehead atoms. The summed E-state index contributed by atoms with van der Waals surface area (Å²) in [7, 11) is 0. The van der Waals surface area contributed by atoms with E-state index in [0.717, 1.165) is 6.42 Å². The van der Waals surface area contributed by atoms with Crippen LogP contribution in [0, 0.1) is 17.9 Å². The van der Waals surface area contributed by atoms with Crippen molar-refractivity contribution < 1.29 is 51.0 Å². The number of hydrogen-bond acceptors (Lipinski definition) is 0. The molecule has 0 atom stereocenters. The Morgan fingerprint density at radius 1 is 0.875 bits per heavy atom. The van der Waals surface area contributed by atoms with Gasteiger partial charge in [-0.15, -0.1) is 6.42 Å². The number of hydrogen-bond donors (Lipinski definition) is 0. The van der Waals surface area contributed by atoms with Gasteiger partial charge in [-0.3, -0.25) is 6.08 Å². The molecule has 0 aromatic rings. The van der Waals surface area contributed by atoms with Gasteiger partial charge in [0, 0.05) is 0 Å². The van der Waals surface area contributed by atoms with E-state index in [9.17, 15) is 0 Å². The van der Waals surface area contributed by atoms with E-state index in [2.05, 4.69) is 53.7 Å². The largest absolute Gasteiger partial charge is 2.00 e. The molecule has 1 aliphatic rings. The monoisotopic (exact) mass is 339 g/mol. The Bertz CT molecular complexity index is 119.